The van der Waals surface area contributed by atoms with Gasteiger partial charge in [0, 0.05) is 37.2 Å². The van der Waals surface area contributed by atoms with Gasteiger partial charge < -0.3 is 4.90 Å². The maximum atomic E-state index is 2.38. The molecule has 0 aliphatic carbocycles. The van der Waals surface area contributed by atoms with Gasteiger partial charge in [0.1, 0.15) is 0 Å². The van der Waals surface area contributed by atoms with Crippen LogP contribution in [0.15, 0.2) is 224 Å². The van der Waals surface area contributed by atoms with Gasteiger partial charge in [-0.2, -0.15) is 0 Å². The number of rotatable bonds is 7. The summed E-state index contributed by atoms with van der Waals surface area (Å²) >= 11 is 1.88. The predicted molar refractivity (Wildman–Crippen MR) is 251 cm³/mol. The van der Waals surface area contributed by atoms with E-state index >= 15 is 0 Å². The van der Waals surface area contributed by atoms with Gasteiger partial charge >= 0.3 is 0 Å². The second-order valence-electron chi connectivity index (χ2n) is 14.9. The van der Waals surface area contributed by atoms with Crippen molar-refractivity contribution in [3.63, 3.8) is 0 Å². The number of thiophene rings is 1. The third-order valence-electron chi connectivity index (χ3n) is 11.4. The molecular weight excluding hydrogens is 719 g/mol. The number of hydrogen-bond donors (Lipinski definition) is 0. The molecule has 0 saturated heterocycles. The van der Waals surface area contributed by atoms with Crippen molar-refractivity contribution >= 4 is 70.1 Å². The molecule has 0 amide bonds. The zero-order valence-electron chi connectivity index (χ0n) is 31.7. The standard InChI is InChI=1S/C56H37NS/c1-2-13-42-36-45(26-25-38(42)11-1)44-16-7-15-43(35-44)39-27-31-47(32-28-39)57(49-18-8-17-46(37-49)51-21-9-14-40-12-3-4-19-50(40)51)48-33-29-41(30-34-48)52-22-10-23-54-53-20-5-6-24-55(53)58-56(52)54/h1-37H. The normalized spacial score (nSPS) is 11.4. The van der Waals surface area contributed by atoms with Crippen molar-refractivity contribution in [1.82, 2.24) is 0 Å². The minimum absolute atomic E-state index is 1.10. The van der Waals surface area contributed by atoms with E-state index < -0.39 is 0 Å². The van der Waals surface area contributed by atoms with Crippen molar-refractivity contribution in [2.24, 2.45) is 0 Å². The van der Waals surface area contributed by atoms with Crippen molar-refractivity contribution in [3.05, 3.63) is 224 Å². The lowest BCUT2D eigenvalue weighted by Crippen LogP contribution is -2.10. The largest absolute Gasteiger partial charge is 0.310 e. The summed E-state index contributed by atoms with van der Waals surface area (Å²) in [5.41, 5.74) is 13.0. The molecule has 0 aliphatic rings. The monoisotopic (exact) mass is 755 g/mol. The van der Waals surface area contributed by atoms with Crippen LogP contribution in [0.5, 0.6) is 0 Å². The van der Waals surface area contributed by atoms with E-state index in [1.54, 1.807) is 0 Å². The second-order valence-corrected chi connectivity index (χ2v) is 16.0. The van der Waals surface area contributed by atoms with E-state index in [1.807, 2.05) is 11.3 Å². The highest BCUT2D eigenvalue weighted by Gasteiger charge is 2.16. The summed E-state index contributed by atoms with van der Waals surface area (Å²) in [5, 5.41) is 7.65. The van der Waals surface area contributed by atoms with Crippen LogP contribution in [-0.2, 0) is 0 Å². The molecule has 0 fully saturated rings. The third-order valence-corrected chi connectivity index (χ3v) is 12.7. The van der Waals surface area contributed by atoms with E-state index in [1.165, 1.54) is 86.2 Å². The average molecular weight is 756 g/mol. The Balaban J connectivity index is 0.992. The minimum atomic E-state index is 1.10. The molecule has 272 valence electrons. The summed E-state index contributed by atoms with van der Waals surface area (Å²) in [5.74, 6) is 0. The fourth-order valence-electron chi connectivity index (χ4n) is 8.55. The lowest BCUT2D eigenvalue weighted by molar-refractivity contribution is 1.28. The number of fused-ring (bicyclic) bond motifs is 5. The first-order chi connectivity index (χ1) is 28.7. The van der Waals surface area contributed by atoms with Gasteiger partial charge in [0.05, 0.1) is 0 Å². The SMILES string of the molecule is c1cc(-c2ccc(N(c3ccc(-c4cccc5c4sc4ccccc45)cc3)c3cccc(-c4cccc5ccccc45)c3)cc2)cc(-c2ccc3ccccc3c2)c1. The number of benzene rings is 10. The molecule has 1 heterocycles. The number of anilines is 3. The molecule has 0 bridgehead atoms. The predicted octanol–water partition coefficient (Wildman–Crippen LogP) is 16.5. The van der Waals surface area contributed by atoms with Crippen molar-refractivity contribution in [2.75, 3.05) is 4.90 Å². The summed E-state index contributed by atoms with van der Waals surface area (Å²) in [6, 6.07) is 81.9. The first-order valence-corrected chi connectivity index (χ1v) is 20.6. The summed E-state index contributed by atoms with van der Waals surface area (Å²) in [6.07, 6.45) is 0. The number of hydrogen-bond acceptors (Lipinski definition) is 2. The maximum Gasteiger partial charge on any atom is 0.0467 e. The molecule has 1 aromatic heterocycles. The lowest BCUT2D eigenvalue weighted by Gasteiger charge is -2.26. The van der Waals surface area contributed by atoms with E-state index in [4.69, 9.17) is 0 Å². The van der Waals surface area contributed by atoms with Crippen LogP contribution in [0.3, 0.4) is 0 Å². The fraction of sp³-hybridized carbons (Fsp3) is 0. The first-order valence-electron chi connectivity index (χ1n) is 19.8. The summed E-state index contributed by atoms with van der Waals surface area (Å²) in [6.45, 7) is 0. The molecular formula is C56H37NS. The van der Waals surface area contributed by atoms with Crippen LogP contribution in [0.25, 0.3) is 86.2 Å². The molecule has 0 spiro atoms. The van der Waals surface area contributed by atoms with Gasteiger partial charge in [-0.1, -0.05) is 170 Å². The summed E-state index contributed by atoms with van der Waals surface area (Å²) in [4.78, 5) is 2.38. The highest BCUT2D eigenvalue weighted by Crippen LogP contribution is 2.43. The summed E-state index contributed by atoms with van der Waals surface area (Å²) < 4.78 is 2.65. The molecule has 58 heavy (non-hydrogen) atoms. The van der Waals surface area contributed by atoms with Crippen molar-refractivity contribution in [2.45, 2.75) is 0 Å². The molecule has 0 unspecified atom stereocenters. The van der Waals surface area contributed by atoms with Gasteiger partial charge in [-0.05, 0) is 121 Å². The lowest BCUT2D eigenvalue weighted by atomic mass is 9.97. The maximum absolute atomic E-state index is 2.38. The average Bonchev–Trinajstić information content (AvgIpc) is 3.69. The Morgan fingerprint density at radius 2 is 0.828 bits per heavy atom. The minimum Gasteiger partial charge on any atom is -0.310 e. The molecule has 0 radical (unpaired) electrons. The summed E-state index contributed by atoms with van der Waals surface area (Å²) in [7, 11) is 0. The van der Waals surface area contributed by atoms with E-state index in [9.17, 15) is 0 Å². The van der Waals surface area contributed by atoms with Crippen LogP contribution < -0.4 is 4.90 Å². The van der Waals surface area contributed by atoms with Crippen molar-refractivity contribution < 1.29 is 0 Å². The van der Waals surface area contributed by atoms with E-state index in [-0.39, 0.29) is 0 Å². The Labute approximate surface area is 342 Å². The molecule has 0 aliphatic heterocycles. The van der Waals surface area contributed by atoms with Crippen LogP contribution in [-0.4, -0.2) is 0 Å². The molecule has 0 saturated carbocycles. The van der Waals surface area contributed by atoms with Crippen LogP contribution >= 0.6 is 11.3 Å². The molecule has 2 heteroatoms. The highest BCUT2D eigenvalue weighted by atomic mass is 32.1. The van der Waals surface area contributed by atoms with Crippen LogP contribution in [0, 0.1) is 0 Å². The Morgan fingerprint density at radius 3 is 1.66 bits per heavy atom. The van der Waals surface area contributed by atoms with Crippen LogP contribution in [0.1, 0.15) is 0 Å². The topological polar surface area (TPSA) is 3.24 Å². The zero-order chi connectivity index (χ0) is 38.4. The van der Waals surface area contributed by atoms with Gasteiger partial charge in [0.2, 0.25) is 0 Å². The third kappa shape index (κ3) is 6.12. The smallest absolute Gasteiger partial charge is 0.0467 e. The second kappa shape index (κ2) is 14.4. The van der Waals surface area contributed by atoms with Gasteiger partial charge in [-0.25, -0.2) is 0 Å². The van der Waals surface area contributed by atoms with Crippen LogP contribution in [0.2, 0.25) is 0 Å². The molecule has 11 rings (SSSR count). The van der Waals surface area contributed by atoms with Crippen molar-refractivity contribution in [3.8, 4) is 44.5 Å². The molecule has 10 aromatic carbocycles. The van der Waals surface area contributed by atoms with E-state index in [0.29, 0.717) is 0 Å². The zero-order valence-corrected chi connectivity index (χ0v) is 32.5. The highest BCUT2D eigenvalue weighted by molar-refractivity contribution is 7.26. The van der Waals surface area contributed by atoms with E-state index in [0.717, 1.165) is 17.1 Å². The van der Waals surface area contributed by atoms with Gasteiger partial charge in [-0.15, -0.1) is 11.3 Å². The Morgan fingerprint density at radius 1 is 0.276 bits per heavy atom. The Hall–Kier alpha value is -7.26. The van der Waals surface area contributed by atoms with E-state index in [2.05, 4.69) is 229 Å². The fourth-order valence-corrected chi connectivity index (χ4v) is 9.79. The molecule has 0 N–H and O–H groups in total. The molecule has 11 aromatic rings. The molecule has 1 nitrogen and oxygen atoms in total. The van der Waals surface area contributed by atoms with Gasteiger partial charge in [0.25, 0.3) is 0 Å². The molecule has 0 atom stereocenters. The first kappa shape index (κ1) is 34.0. The quantitative estimate of drug-likeness (QED) is 0.157. The Kier molecular flexibility index (Phi) is 8.42. The van der Waals surface area contributed by atoms with Gasteiger partial charge in [0.15, 0.2) is 0 Å². The number of nitrogens with zero attached hydrogens (tertiary/aromatic N) is 1. The van der Waals surface area contributed by atoms with Gasteiger partial charge in [-0.3, -0.25) is 0 Å². The Bertz CT molecular complexity index is 3280. The van der Waals surface area contributed by atoms with Crippen molar-refractivity contribution in [1.29, 1.82) is 0 Å². The van der Waals surface area contributed by atoms with Crippen LogP contribution in [0.4, 0.5) is 17.1 Å².